The third-order valence-corrected chi connectivity index (χ3v) is 7.65. The number of benzene rings is 2. The molecule has 0 atom stereocenters. The largest absolute Gasteiger partial charge is 0.484 e. The summed E-state index contributed by atoms with van der Waals surface area (Å²) < 4.78 is 57.6. The molecule has 0 aliphatic carbocycles. The van der Waals surface area contributed by atoms with Crippen LogP contribution in [0.2, 0.25) is 0 Å². The predicted molar refractivity (Wildman–Crippen MR) is 121 cm³/mol. The Balaban J connectivity index is 1.84. The molecule has 2 aromatic carbocycles. The van der Waals surface area contributed by atoms with Crippen LogP contribution in [-0.4, -0.2) is 54.3 Å². The second-order valence-corrected chi connectivity index (χ2v) is 11.6. The van der Waals surface area contributed by atoms with E-state index in [4.69, 9.17) is 4.74 Å². The van der Waals surface area contributed by atoms with Crippen molar-refractivity contribution in [1.29, 1.82) is 0 Å². The normalized spacial score (nSPS) is 12.2. The van der Waals surface area contributed by atoms with E-state index >= 15 is 0 Å². The van der Waals surface area contributed by atoms with Gasteiger partial charge in [-0.25, -0.2) is 25.9 Å². The Bertz CT molecular complexity index is 1110. The van der Waals surface area contributed by atoms with Gasteiger partial charge in [-0.2, -0.15) is 0 Å². The van der Waals surface area contributed by atoms with Gasteiger partial charge in [0.05, 0.1) is 9.79 Å². The van der Waals surface area contributed by atoms with E-state index in [1.54, 1.807) is 12.1 Å². The van der Waals surface area contributed by atoms with Crippen LogP contribution < -0.4 is 14.8 Å². The third kappa shape index (κ3) is 7.30. The number of carbonyl (C=O) groups excluding carboxylic acids is 1. The summed E-state index contributed by atoms with van der Waals surface area (Å²) >= 11 is 0. The Morgan fingerprint density at radius 1 is 0.938 bits per heavy atom. The SMILES string of the molecule is CC(C)CNS(=O)(=O)c1ccc(OCC(=O)NCc2ccc(S(=O)(=O)N(C)C)cc2)cc1. The molecule has 2 aromatic rings. The van der Waals surface area contributed by atoms with Gasteiger partial charge in [-0.1, -0.05) is 26.0 Å². The van der Waals surface area contributed by atoms with Gasteiger partial charge in [-0.05, 0) is 47.9 Å². The summed E-state index contributed by atoms with van der Waals surface area (Å²) in [6.07, 6.45) is 0. The van der Waals surface area contributed by atoms with E-state index in [2.05, 4.69) is 10.0 Å². The monoisotopic (exact) mass is 483 g/mol. The van der Waals surface area contributed by atoms with E-state index in [1.165, 1.54) is 50.5 Å². The Kier molecular flexibility index (Phi) is 8.79. The first-order chi connectivity index (χ1) is 14.9. The van der Waals surface area contributed by atoms with Crippen molar-refractivity contribution in [1.82, 2.24) is 14.3 Å². The van der Waals surface area contributed by atoms with Crippen molar-refractivity contribution in [2.75, 3.05) is 27.2 Å². The molecule has 0 heterocycles. The number of hydrogen-bond acceptors (Lipinski definition) is 6. The van der Waals surface area contributed by atoms with Crippen LogP contribution in [0.25, 0.3) is 0 Å². The Morgan fingerprint density at radius 2 is 1.50 bits per heavy atom. The molecule has 11 heteroatoms. The van der Waals surface area contributed by atoms with Gasteiger partial charge in [0.1, 0.15) is 5.75 Å². The van der Waals surface area contributed by atoms with Crippen LogP contribution in [-0.2, 0) is 31.4 Å². The Labute approximate surface area is 189 Å². The van der Waals surface area contributed by atoms with Crippen LogP contribution in [0.3, 0.4) is 0 Å². The van der Waals surface area contributed by atoms with E-state index in [-0.39, 0.29) is 34.8 Å². The van der Waals surface area contributed by atoms with Gasteiger partial charge in [0.2, 0.25) is 20.0 Å². The summed E-state index contributed by atoms with van der Waals surface area (Å²) in [5.41, 5.74) is 0.736. The molecule has 0 unspecified atom stereocenters. The number of nitrogens with one attached hydrogen (secondary N) is 2. The summed E-state index contributed by atoms with van der Waals surface area (Å²) in [5, 5.41) is 2.68. The number of sulfonamides is 2. The average Bonchev–Trinajstić information content (AvgIpc) is 2.75. The first-order valence-electron chi connectivity index (χ1n) is 9.92. The van der Waals surface area contributed by atoms with Gasteiger partial charge in [0, 0.05) is 27.2 Å². The lowest BCUT2D eigenvalue weighted by Gasteiger charge is -2.12. The zero-order chi connectivity index (χ0) is 23.9. The fraction of sp³-hybridized carbons (Fsp3) is 0.381. The van der Waals surface area contributed by atoms with Gasteiger partial charge in [0.15, 0.2) is 6.61 Å². The molecule has 1 amide bonds. The van der Waals surface area contributed by atoms with E-state index in [9.17, 15) is 21.6 Å². The maximum atomic E-state index is 12.2. The molecule has 0 aromatic heterocycles. The van der Waals surface area contributed by atoms with Gasteiger partial charge >= 0.3 is 0 Å². The number of amides is 1. The van der Waals surface area contributed by atoms with Crippen molar-refractivity contribution in [3.05, 3.63) is 54.1 Å². The van der Waals surface area contributed by atoms with Crippen LogP contribution >= 0.6 is 0 Å². The first-order valence-corrected chi connectivity index (χ1v) is 12.8. The maximum absolute atomic E-state index is 12.2. The lowest BCUT2D eigenvalue weighted by atomic mass is 10.2. The minimum absolute atomic E-state index is 0.120. The molecule has 0 saturated heterocycles. The highest BCUT2D eigenvalue weighted by atomic mass is 32.2. The molecule has 0 saturated carbocycles. The third-order valence-electron chi connectivity index (χ3n) is 4.38. The van der Waals surface area contributed by atoms with Crippen molar-refractivity contribution in [3.8, 4) is 5.75 Å². The van der Waals surface area contributed by atoms with Gasteiger partial charge in [-0.3, -0.25) is 4.79 Å². The second-order valence-electron chi connectivity index (χ2n) is 7.71. The number of rotatable bonds is 11. The lowest BCUT2D eigenvalue weighted by Crippen LogP contribution is -2.28. The van der Waals surface area contributed by atoms with Crippen molar-refractivity contribution in [2.45, 2.75) is 30.2 Å². The Hall–Kier alpha value is -2.47. The number of nitrogens with zero attached hydrogens (tertiary/aromatic N) is 1. The highest BCUT2D eigenvalue weighted by molar-refractivity contribution is 7.89. The minimum atomic E-state index is -3.59. The summed E-state index contributed by atoms with van der Waals surface area (Å²) in [6.45, 7) is 4.13. The van der Waals surface area contributed by atoms with Crippen LogP contribution in [0.5, 0.6) is 5.75 Å². The van der Waals surface area contributed by atoms with E-state index in [0.29, 0.717) is 12.3 Å². The molecule has 0 aliphatic heterocycles. The molecule has 176 valence electrons. The predicted octanol–water partition coefficient (Wildman–Crippen LogP) is 1.57. The van der Waals surface area contributed by atoms with Gasteiger partial charge in [0.25, 0.3) is 5.91 Å². The van der Waals surface area contributed by atoms with Crippen LogP contribution in [0.15, 0.2) is 58.3 Å². The highest BCUT2D eigenvalue weighted by Gasteiger charge is 2.17. The van der Waals surface area contributed by atoms with Crippen LogP contribution in [0.4, 0.5) is 0 Å². The summed E-state index contributed by atoms with van der Waals surface area (Å²) in [5.74, 6) is 0.182. The molecule has 32 heavy (non-hydrogen) atoms. The van der Waals surface area contributed by atoms with E-state index < -0.39 is 20.0 Å². The molecular formula is C21H29N3O6S2. The van der Waals surface area contributed by atoms with E-state index in [1.807, 2.05) is 13.8 Å². The zero-order valence-electron chi connectivity index (χ0n) is 18.5. The first kappa shape index (κ1) is 25.8. The van der Waals surface area contributed by atoms with Gasteiger partial charge < -0.3 is 10.1 Å². The van der Waals surface area contributed by atoms with Crippen molar-refractivity contribution >= 4 is 26.0 Å². The fourth-order valence-electron chi connectivity index (χ4n) is 2.47. The topological polar surface area (TPSA) is 122 Å². The Morgan fingerprint density at radius 3 is 2.03 bits per heavy atom. The average molecular weight is 484 g/mol. The van der Waals surface area contributed by atoms with Gasteiger partial charge in [-0.15, -0.1) is 0 Å². The number of hydrogen-bond donors (Lipinski definition) is 2. The molecule has 0 radical (unpaired) electrons. The number of carbonyl (C=O) groups is 1. The summed E-state index contributed by atoms with van der Waals surface area (Å²) in [4.78, 5) is 12.3. The smallest absolute Gasteiger partial charge is 0.258 e. The van der Waals surface area contributed by atoms with Crippen molar-refractivity contribution in [3.63, 3.8) is 0 Å². The van der Waals surface area contributed by atoms with Crippen molar-refractivity contribution < 1.29 is 26.4 Å². The second kappa shape index (κ2) is 10.9. The molecule has 2 N–H and O–H groups in total. The summed E-state index contributed by atoms with van der Waals surface area (Å²) in [6, 6.07) is 12.0. The zero-order valence-corrected chi connectivity index (χ0v) is 20.2. The molecule has 2 rings (SSSR count). The molecule has 0 bridgehead atoms. The molecule has 9 nitrogen and oxygen atoms in total. The maximum Gasteiger partial charge on any atom is 0.258 e. The highest BCUT2D eigenvalue weighted by Crippen LogP contribution is 2.16. The molecule has 0 aliphatic rings. The molecule has 0 fully saturated rings. The minimum Gasteiger partial charge on any atom is -0.484 e. The van der Waals surface area contributed by atoms with Crippen molar-refractivity contribution in [2.24, 2.45) is 5.92 Å². The summed E-state index contributed by atoms with van der Waals surface area (Å²) in [7, 11) is -4.17. The lowest BCUT2D eigenvalue weighted by molar-refractivity contribution is -0.123. The molecule has 0 spiro atoms. The quantitative estimate of drug-likeness (QED) is 0.500. The van der Waals surface area contributed by atoms with Crippen LogP contribution in [0, 0.1) is 5.92 Å². The fourth-order valence-corrected chi connectivity index (χ4v) is 4.58. The van der Waals surface area contributed by atoms with Crippen LogP contribution in [0.1, 0.15) is 19.4 Å². The molecular weight excluding hydrogens is 454 g/mol. The standard InChI is InChI=1S/C21H29N3O6S2/c1-16(2)13-23-31(26,27)19-11-7-18(8-12-19)30-15-21(25)22-14-17-5-9-20(10-6-17)32(28,29)24(3)4/h5-12,16,23H,13-15H2,1-4H3,(H,22,25). The van der Waals surface area contributed by atoms with E-state index in [0.717, 1.165) is 9.87 Å². The number of ether oxygens (including phenoxy) is 1.